The van der Waals surface area contributed by atoms with Crippen LogP contribution >= 0.6 is 12.4 Å². The molecule has 5 nitrogen and oxygen atoms in total. The van der Waals surface area contributed by atoms with Gasteiger partial charge in [0.05, 0.1) is 19.4 Å². The molecule has 2 aromatic carbocycles. The maximum atomic E-state index is 12.3. The highest BCUT2D eigenvalue weighted by atomic mass is 35.5. The standard InChI is InChI=1S/C18H22N2O3.ClH/c1-12(2)11-23-15-6-4-5-13(9-15)18(21)20-14-7-8-17(22-3)16(19)10-14;/h4-10,12H,11,19H2,1-3H3,(H,20,21);1H. The number of rotatable bonds is 6. The van der Waals surface area contributed by atoms with Gasteiger partial charge in [-0.15, -0.1) is 12.4 Å². The molecule has 0 aliphatic heterocycles. The second-order valence-electron chi connectivity index (χ2n) is 5.64. The van der Waals surface area contributed by atoms with Crippen molar-refractivity contribution in [1.82, 2.24) is 0 Å². The summed E-state index contributed by atoms with van der Waals surface area (Å²) in [6, 6.07) is 12.2. The Morgan fingerprint density at radius 2 is 1.96 bits per heavy atom. The number of nitrogens with one attached hydrogen (secondary N) is 1. The van der Waals surface area contributed by atoms with Gasteiger partial charge < -0.3 is 20.5 Å². The molecule has 130 valence electrons. The molecule has 0 saturated carbocycles. The van der Waals surface area contributed by atoms with Crippen LogP contribution in [-0.2, 0) is 0 Å². The van der Waals surface area contributed by atoms with Gasteiger partial charge in [0.1, 0.15) is 11.5 Å². The number of hydrogen-bond donors (Lipinski definition) is 2. The van der Waals surface area contributed by atoms with Gasteiger partial charge in [0.25, 0.3) is 5.91 Å². The number of ether oxygens (including phenoxy) is 2. The van der Waals surface area contributed by atoms with Gasteiger partial charge in [0, 0.05) is 11.3 Å². The second-order valence-corrected chi connectivity index (χ2v) is 5.64. The first-order valence-corrected chi connectivity index (χ1v) is 7.47. The molecule has 2 aromatic rings. The van der Waals surface area contributed by atoms with Crippen molar-refractivity contribution in [1.29, 1.82) is 0 Å². The van der Waals surface area contributed by atoms with Gasteiger partial charge in [-0.25, -0.2) is 0 Å². The minimum Gasteiger partial charge on any atom is -0.495 e. The smallest absolute Gasteiger partial charge is 0.255 e. The van der Waals surface area contributed by atoms with Gasteiger partial charge in [-0.3, -0.25) is 4.79 Å². The van der Waals surface area contributed by atoms with E-state index in [1.54, 1.807) is 43.5 Å². The molecule has 0 fully saturated rings. The van der Waals surface area contributed by atoms with E-state index in [0.29, 0.717) is 41.0 Å². The van der Waals surface area contributed by atoms with E-state index in [2.05, 4.69) is 19.2 Å². The van der Waals surface area contributed by atoms with E-state index in [1.807, 2.05) is 6.07 Å². The number of carbonyl (C=O) groups is 1. The van der Waals surface area contributed by atoms with E-state index < -0.39 is 0 Å². The third-order valence-corrected chi connectivity index (χ3v) is 3.17. The van der Waals surface area contributed by atoms with Gasteiger partial charge in [-0.1, -0.05) is 19.9 Å². The lowest BCUT2D eigenvalue weighted by atomic mass is 10.2. The summed E-state index contributed by atoms with van der Waals surface area (Å²) in [7, 11) is 1.55. The molecule has 0 unspecified atom stereocenters. The van der Waals surface area contributed by atoms with Gasteiger partial charge >= 0.3 is 0 Å². The maximum Gasteiger partial charge on any atom is 0.255 e. The number of benzene rings is 2. The first-order valence-electron chi connectivity index (χ1n) is 7.47. The molecule has 0 saturated heterocycles. The normalized spacial score (nSPS) is 10.0. The van der Waals surface area contributed by atoms with E-state index in [1.165, 1.54) is 0 Å². The first kappa shape index (κ1) is 19.6. The number of amides is 1. The summed E-state index contributed by atoms with van der Waals surface area (Å²) in [6.45, 7) is 4.76. The Hall–Kier alpha value is -2.40. The predicted molar refractivity (Wildman–Crippen MR) is 99.4 cm³/mol. The number of halogens is 1. The summed E-state index contributed by atoms with van der Waals surface area (Å²) in [6.07, 6.45) is 0. The van der Waals surface area contributed by atoms with Crippen molar-refractivity contribution in [3.05, 3.63) is 48.0 Å². The van der Waals surface area contributed by atoms with E-state index >= 15 is 0 Å². The average molecular weight is 351 g/mol. The van der Waals surface area contributed by atoms with Crippen molar-refractivity contribution >= 4 is 29.7 Å². The van der Waals surface area contributed by atoms with Gasteiger partial charge in [0.15, 0.2) is 0 Å². The third kappa shape index (κ3) is 5.35. The second kappa shape index (κ2) is 9.03. The van der Waals surface area contributed by atoms with Gasteiger partial charge in [0.2, 0.25) is 0 Å². The van der Waals surface area contributed by atoms with Crippen molar-refractivity contribution in [2.75, 3.05) is 24.8 Å². The molecule has 24 heavy (non-hydrogen) atoms. The van der Waals surface area contributed by atoms with Crippen LogP contribution in [0.25, 0.3) is 0 Å². The molecule has 0 aliphatic carbocycles. The maximum absolute atomic E-state index is 12.3. The minimum atomic E-state index is -0.218. The zero-order chi connectivity index (χ0) is 16.8. The molecule has 6 heteroatoms. The molecule has 1 amide bonds. The summed E-state index contributed by atoms with van der Waals surface area (Å²) < 4.78 is 10.7. The number of nitrogen functional groups attached to an aromatic ring is 1. The summed E-state index contributed by atoms with van der Waals surface area (Å²) in [5.74, 6) is 1.46. The monoisotopic (exact) mass is 350 g/mol. The molecule has 0 atom stereocenters. The van der Waals surface area contributed by atoms with Gasteiger partial charge in [-0.2, -0.15) is 0 Å². The van der Waals surface area contributed by atoms with E-state index in [0.717, 1.165) is 0 Å². The molecular weight excluding hydrogens is 328 g/mol. The highest BCUT2D eigenvalue weighted by Gasteiger charge is 2.09. The lowest BCUT2D eigenvalue weighted by molar-refractivity contribution is 0.102. The van der Waals surface area contributed by atoms with Crippen LogP contribution in [0.1, 0.15) is 24.2 Å². The molecule has 2 rings (SSSR count). The number of anilines is 2. The van der Waals surface area contributed by atoms with Crippen LogP contribution in [0.5, 0.6) is 11.5 Å². The van der Waals surface area contributed by atoms with Crippen LogP contribution in [0.4, 0.5) is 11.4 Å². The Labute approximate surface area is 148 Å². The Morgan fingerprint density at radius 3 is 2.58 bits per heavy atom. The highest BCUT2D eigenvalue weighted by Crippen LogP contribution is 2.25. The zero-order valence-corrected chi connectivity index (χ0v) is 14.9. The topological polar surface area (TPSA) is 73.6 Å². The number of hydrogen-bond acceptors (Lipinski definition) is 4. The molecular formula is C18H23ClN2O3. The molecule has 0 aliphatic rings. The molecule has 3 N–H and O–H groups in total. The molecule has 0 heterocycles. The number of nitrogens with two attached hydrogens (primary N) is 1. The van der Waals surface area contributed by atoms with Crippen LogP contribution in [0.15, 0.2) is 42.5 Å². The van der Waals surface area contributed by atoms with Crippen molar-refractivity contribution in [3.8, 4) is 11.5 Å². The highest BCUT2D eigenvalue weighted by molar-refractivity contribution is 6.04. The summed E-state index contributed by atoms with van der Waals surface area (Å²) >= 11 is 0. The predicted octanol–water partition coefficient (Wildman–Crippen LogP) is 3.99. The van der Waals surface area contributed by atoms with E-state index in [9.17, 15) is 4.79 Å². The first-order chi connectivity index (χ1) is 11.0. The van der Waals surface area contributed by atoms with Gasteiger partial charge in [-0.05, 0) is 42.3 Å². The lowest BCUT2D eigenvalue weighted by Gasteiger charge is -2.11. The van der Waals surface area contributed by atoms with E-state index in [-0.39, 0.29) is 18.3 Å². The SMILES string of the molecule is COc1ccc(NC(=O)c2cccc(OCC(C)C)c2)cc1N.Cl. The van der Waals surface area contributed by atoms with Crippen LogP contribution in [-0.4, -0.2) is 19.6 Å². The molecule has 0 aromatic heterocycles. The van der Waals surface area contributed by atoms with Crippen molar-refractivity contribution in [3.63, 3.8) is 0 Å². The molecule has 0 spiro atoms. The van der Waals surface area contributed by atoms with Crippen LogP contribution in [0, 0.1) is 5.92 Å². The fourth-order valence-electron chi connectivity index (χ4n) is 2.01. The fraction of sp³-hybridized carbons (Fsp3) is 0.278. The summed E-state index contributed by atoms with van der Waals surface area (Å²) in [5.41, 5.74) is 7.45. The summed E-state index contributed by atoms with van der Waals surface area (Å²) in [4.78, 5) is 12.3. The Morgan fingerprint density at radius 1 is 1.21 bits per heavy atom. The van der Waals surface area contributed by atoms with Crippen LogP contribution in [0.2, 0.25) is 0 Å². The fourth-order valence-corrected chi connectivity index (χ4v) is 2.01. The quantitative estimate of drug-likeness (QED) is 0.772. The molecule has 0 radical (unpaired) electrons. The molecule has 0 bridgehead atoms. The zero-order valence-electron chi connectivity index (χ0n) is 14.0. The Balaban J connectivity index is 0.00000288. The van der Waals surface area contributed by atoms with Crippen molar-refractivity contribution in [2.24, 2.45) is 5.92 Å². The number of carbonyl (C=O) groups excluding carboxylic acids is 1. The van der Waals surface area contributed by atoms with Crippen molar-refractivity contribution < 1.29 is 14.3 Å². The Kier molecular flexibility index (Phi) is 7.39. The average Bonchev–Trinajstić information content (AvgIpc) is 2.53. The summed E-state index contributed by atoms with van der Waals surface area (Å²) in [5, 5.41) is 2.81. The third-order valence-electron chi connectivity index (χ3n) is 3.17. The Bertz CT molecular complexity index is 690. The van der Waals surface area contributed by atoms with E-state index in [4.69, 9.17) is 15.2 Å². The lowest BCUT2D eigenvalue weighted by Crippen LogP contribution is -2.12. The van der Waals surface area contributed by atoms with Crippen LogP contribution in [0.3, 0.4) is 0 Å². The van der Waals surface area contributed by atoms with Crippen molar-refractivity contribution in [2.45, 2.75) is 13.8 Å². The largest absolute Gasteiger partial charge is 0.495 e. The minimum absolute atomic E-state index is 0. The van der Waals surface area contributed by atoms with Crippen LogP contribution < -0.4 is 20.5 Å². The number of methoxy groups -OCH3 is 1.